The highest BCUT2D eigenvalue weighted by Gasteiger charge is 2.32. The van der Waals surface area contributed by atoms with Crippen LogP contribution in [0.15, 0.2) is 12.3 Å². The van der Waals surface area contributed by atoms with E-state index in [1.165, 1.54) is 0 Å². The zero-order valence-electron chi connectivity index (χ0n) is 7.42. The van der Waals surface area contributed by atoms with Crippen LogP contribution in [0.3, 0.4) is 0 Å². The van der Waals surface area contributed by atoms with Gasteiger partial charge in [0.15, 0.2) is 0 Å². The summed E-state index contributed by atoms with van der Waals surface area (Å²) < 4.78 is 69.5. The number of alkyl halides is 3. The van der Waals surface area contributed by atoms with Crippen LogP contribution in [0.1, 0.15) is 11.1 Å². The van der Waals surface area contributed by atoms with Crippen molar-refractivity contribution in [2.75, 3.05) is 0 Å². The second kappa shape index (κ2) is 4.17. The summed E-state index contributed by atoms with van der Waals surface area (Å²) in [5.41, 5.74) is -1.71. The predicted molar refractivity (Wildman–Crippen MR) is 48.0 cm³/mol. The van der Waals surface area contributed by atoms with Crippen LogP contribution in [-0.4, -0.2) is 13.4 Å². The topological polar surface area (TPSA) is 47.0 Å². The first-order chi connectivity index (χ1) is 7.09. The number of halogens is 5. The van der Waals surface area contributed by atoms with E-state index in [9.17, 15) is 25.5 Å². The summed E-state index contributed by atoms with van der Waals surface area (Å²) in [4.78, 5) is 3.14. The Kier molecular flexibility index (Phi) is 3.44. The third-order valence-electron chi connectivity index (χ3n) is 1.57. The SMILES string of the molecule is O=S(=O)(F)Cc1cc(C(F)(F)F)cnc1Cl. The Balaban J connectivity index is 3.20. The summed E-state index contributed by atoms with van der Waals surface area (Å²) in [7, 11) is -4.95. The Morgan fingerprint density at radius 2 is 1.94 bits per heavy atom. The average molecular weight is 278 g/mol. The van der Waals surface area contributed by atoms with Gasteiger partial charge in [-0.05, 0) is 6.07 Å². The lowest BCUT2D eigenvalue weighted by molar-refractivity contribution is -0.137. The number of hydrogen-bond donors (Lipinski definition) is 0. The smallest absolute Gasteiger partial charge is 0.244 e. The van der Waals surface area contributed by atoms with E-state index in [4.69, 9.17) is 11.6 Å². The van der Waals surface area contributed by atoms with E-state index < -0.39 is 38.4 Å². The second-order valence-corrected chi connectivity index (χ2v) is 4.58. The molecular weight excluding hydrogens is 274 g/mol. The summed E-state index contributed by atoms with van der Waals surface area (Å²) in [6.07, 6.45) is -4.25. The second-order valence-electron chi connectivity index (χ2n) is 2.85. The predicted octanol–water partition coefficient (Wildman–Crippen LogP) is 2.55. The molecule has 0 N–H and O–H groups in total. The minimum atomic E-state index is -4.95. The number of nitrogens with zero attached hydrogens (tertiary/aromatic N) is 1. The average Bonchev–Trinajstić information content (AvgIpc) is 2.04. The zero-order valence-corrected chi connectivity index (χ0v) is 9.00. The fourth-order valence-corrected chi connectivity index (χ4v) is 1.78. The van der Waals surface area contributed by atoms with E-state index in [1.54, 1.807) is 0 Å². The van der Waals surface area contributed by atoms with Crippen molar-refractivity contribution in [3.05, 3.63) is 28.5 Å². The third kappa shape index (κ3) is 3.60. The van der Waals surface area contributed by atoms with Gasteiger partial charge >= 0.3 is 16.4 Å². The molecule has 90 valence electrons. The molecule has 0 unspecified atom stereocenters. The molecule has 0 aliphatic heterocycles. The Morgan fingerprint density at radius 3 is 2.38 bits per heavy atom. The summed E-state index contributed by atoms with van der Waals surface area (Å²) in [6.45, 7) is 0. The van der Waals surface area contributed by atoms with Crippen LogP contribution in [0.4, 0.5) is 17.1 Å². The highest BCUT2D eigenvalue weighted by atomic mass is 35.5. The summed E-state index contributed by atoms with van der Waals surface area (Å²) in [5, 5.41) is -0.478. The van der Waals surface area contributed by atoms with Crippen LogP contribution in [0.2, 0.25) is 5.15 Å². The van der Waals surface area contributed by atoms with Crippen molar-refractivity contribution in [2.24, 2.45) is 0 Å². The van der Waals surface area contributed by atoms with Crippen LogP contribution in [0.5, 0.6) is 0 Å². The van der Waals surface area contributed by atoms with Crippen LogP contribution >= 0.6 is 11.6 Å². The molecule has 0 aliphatic carbocycles. The minimum absolute atomic E-state index is 0.441. The van der Waals surface area contributed by atoms with E-state index in [2.05, 4.69) is 4.98 Å². The summed E-state index contributed by atoms with van der Waals surface area (Å²) >= 11 is 5.34. The zero-order chi connectivity index (χ0) is 12.6. The van der Waals surface area contributed by atoms with Gasteiger partial charge in [-0.2, -0.15) is 21.6 Å². The Morgan fingerprint density at radius 1 is 1.38 bits per heavy atom. The molecule has 0 aliphatic rings. The van der Waals surface area contributed by atoms with Crippen LogP contribution in [-0.2, 0) is 22.2 Å². The Bertz CT molecular complexity index is 500. The van der Waals surface area contributed by atoms with Gasteiger partial charge in [-0.15, -0.1) is 3.89 Å². The standard InChI is InChI=1S/C7H4ClF4NO2S/c8-6-4(3-16(12,14)15)1-5(2-13-6)7(9,10)11/h1-2H,3H2. The van der Waals surface area contributed by atoms with Crippen molar-refractivity contribution in [2.45, 2.75) is 11.9 Å². The maximum Gasteiger partial charge on any atom is 0.417 e. The van der Waals surface area contributed by atoms with Gasteiger partial charge in [0, 0.05) is 11.8 Å². The van der Waals surface area contributed by atoms with Crippen molar-refractivity contribution < 1.29 is 25.5 Å². The maximum absolute atomic E-state index is 12.3. The molecule has 0 saturated heterocycles. The molecule has 0 aromatic carbocycles. The Labute approximate surface area is 93.3 Å². The first kappa shape index (κ1) is 13.2. The largest absolute Gasteiger partial charge is 0.417 e. The first-order valence-corrected chi connectivity index (χ1v) is 5.66. The molecule has 16 heavy (non-hydrogen) atoms. The number of aromatic nitrogens is 1. The normalized spacial score (nSPS) is 12.8. The molecule has 1 rings (SSSR count). The van der Waals surface area contributed by atoms with Gasteiger partial charge < -0.3 is 0 Å². The molecule has 0 saturated carbocycles. The van der Waals surface area contributed by atoms with Gasteiger partial charge in [-0.25, -0.2) is 4.98 Å². The monoisotopic (exact) mass is 277 g/mol. The highest BCUT2D eigenvalue weighted by molar-refractivity contribution is 7.85. The first-order valence-electron chi connectivity index (χ1n) is 3.73. The Hall–Kier alpha value is -0.890. The van der Waals surface area contributed by atoms with E-state index >= 15 is 0 Å². The molecule has 0 bridgehead atoms. The fraction of sp³-hybridized carbons (Fsp3) is 0.286. The molecule has 9 heteroatoms. The lowest BCUT2D eigenvalue weighted by Gasteiger charge is -2.08. The summed E-state index contributed by atoms with van der Waals surface area (Å²) in [6, 6.07) is 0.451. The van der Waals surface area contributed by atoms with Crippen LogP contribution < -0.4 is 0 Å². The molecule has 1 aromatic heterocycles. The fourth-order valence-electron chi connectivity index (χ4n) is 0.936. The highest BCUT2D eigenvalue weighted by Crippen LogP contribution is 2.31. The number of rotatable bonds is 2. The lowest BCUT2D eigenvalue weighted by Crippen LogP contribution is -2.08. The molecule has 1 heterocycles. The van der Waals surface area contributed by atoms with E-state index in [0.29, 0.717) is 12.3 Å². The molecule has 1 aromatic rings. The van der Waals surface area contributed by atoms with E-state index in [0.717, 1.165) is 0 Å². The molecule has 0 atom stereocenters. The van der Waals surface area contributed by atoms with Gasteiger partial charge in [0.05, 0.1) is 5.56 Å². The van der Waals surface area contributed by atoms with Gasteiger partial charge in [0.2, 0.25) is 0 Å². The number of hydrogen-bond acceptors (Lipinski definition) is 3. The van der Waals surface area contributed by atoms with E-state index in [1.807, 2.05) is 0 Å². The van der Waals surface area contributed by atoms with Crippen molar-refractivity contribution in [1.29, 1.82) is 0 Å². The molecule has 0 spiro atoms. The number of pyridine rings is 1. The molecular formula is C7H4ClF4NO2S. The third-order valence-corrected chi connectivity index (χ3v) is 2.56. The van der Waals surface area contributed by atoms with Gasteiger partial charge in [0.25, 0.3) is 0 Å². The maximum atomic E-state index is 12.3. The van der Waals surface area contributed by atoms with Crippen molar-refractivity contribution in [3.63, 3.8) is 0 Å². The lowest BCUT2D eigenvalue weighted by atomic mass is 10.2. The molecule has 0 amide bonds. The van der Waals surface area contributed by atoms with Crippen LogP contribution in [0, 0.1) is 0 Å². The summed E-state index contributed by atoms with van der Waals surface area (Å²) in [5.74, 6) is -1.23. The molecule has 3 nitrogen and oxygen atoms in total. The minimum Gasteiger partial charge on any atom is -0.244 e. The quantitative estimate of drug-likeness (QED) is 0.474. The van der Waals surface area contributed by atoms with Gasteiger partial charge in [-0.3, -0.25) is 0 Å². The van der Waals surface area contributed by atoms with Crippen molar-refractivity contribution in [3.8, 4) is 0 Å². The molecule has 0 radical (unpaired) electrons. The van der Waals surface area contributed by atoms with Crippen LogP contribution in [0.25, 0.3) is 0 Å². The molecule has 0 fully saturated rings. The van der Waals surface area contributed by atoms with Crippen molar-refractivity contribution in [1.82, 2.24) is 4.98 Å². The van der Waals surface area contributed by atoms with Gasteiger partial charge in [-0.1, -0.05) is 11.6 Å². The van der Waals surface area contributed by atoms with Gasteiger partial charge in [0.1, 0.15) is 10.9 Å². The van der Waals surface area contributed by atoms with E-state index in [-0.39, 0.29) is 0 Å². The van der Waals surface area contributed by atoms with Crippen molar-refractivity contribution >= 4 is 21.8 Å².